The SMILES string of the molecule is COC=Nc1sc2c(c1-c1ccno1)CCN(C(=O)O)C2. The molecule has 110 valence electrons. The average molecular weight is 307 g/mol. The quantitative estimate of drug-likeness (QED) is 0.695. The van der Waals surface area contributed by atoms with E-state index in [2.05, 4.69) is 10.1 Å². The molecule has 1 aliphatic rings. The number of hydrogen-bond acceptors (Lipinski definition) is 6. The summed E-state index contributed by atoms with van der Waals surface area (Å²) in [5.41, 5.74) is 1.96. The van der Waals surface area contributed by atoms with Crippen molar-refractivity contribution in [2.24, 2.45) is 4.99 Å². The highest BCUT2D eigenvalue weighted by Crippen LogP contribution is 2.44. The van der Waals surface area contributed by atoms with E-state index < -0.39 is 6.09 Å². The van der Waals surface area contributed by atoms with E-state index >= 15 is 0 Å². The van der Waals surface area contributed by atoms with Crippen molar-refractivity contribution in [1.82, 2.24) is 10.1 Å². The number of hydrogen-bond donors (Lipinski definition) is 1. The van der Waals surface area contributed by atoms with Crippen LogP contribution in [0.25, 0.3) is 11.3 Å². The Balaban J connectivity index is 2.06. The molecule has 1 amide bonds. The summed E-state index contributed by atoms with van der Waals surface area (Å²) in [6, 6.07) is 1.78. The Morgan fingerprint density at radius 2 is 2.52 bits per heavy atom. The number of aliphatic imine (C=N–C) groups is 1. The van der Waals surface area contributed by atoms with E-state index in [0.29, 0.717) is 25.3 Å². The van der Waals surface area contributed by atoms with Gasteiger partial charge >= 0.3 is 6.09 Å². The number of fused-ring (bicyclic) bond motifs is 1. The lowest BCUT2D eigenvalue weighted by Gasteiger charge is -2.24. The molecule has 0 atom stereocenters. The Bertz CT molecular complexity index is 678. The van der Waals surface area contributed by atoms with E-state index in [1.165, 1.54) is 29.7 Å². The summed E-state index contributed by atoms with van der Waals surface area (Å²) in [6.45, 7) is 0.840. The van der Waals surface area contributed by atoms with Gasteiger partial charge in [0.05, 0.1) is 25.4 Å². The lowest BCUT2D eigenvalue weighted by atomic mass is 10.0. The van der Waals surface area contributed by atoms with Crippen LogP contribution in [0.4, 0.5) is 9.80 Å². The van der Waals surface area contributed by atoms with Crippen LogP contribution in [-0.2, 0) is 17.7 Å². The maximum atomic E-state index is 11.1. The molecule has 0 radical (unpaired) electrons. The first-order chi connectivity index (χ1) is 10.2. The highest BCUT2D eigenvalue weighted by molar-refractivity contribution is 7.16. The van der Waals surface area contributed by atoms with E-state index in [9.17, 15) is 4.79 Å². The fourth-order valence-corrected chi connectivity index (χ4v) is 3.55. The summed E-state index contributed by atoms with van der Waals surface area (Å²) in [5, 5.41) is 13.6. The second-order valence-corrected chi connectivity index (χ2v) is 5.57. The van der Waals surface area contributed by atoms with Crippen LogP contribution in [0, 0.1) is 0 Å². The minimum Gasteiger partial charge on any atom is -0.486 e. The molecule has 3 rings (SSSR count). The van der Waals surface area contributed by atoms with Crippen molar-refractivity contribution in [3.05, 3.63) is 22.7 Å². The van der Waals surface area contributed by atoms with Gasteiger partial charge < -0.3 is 19.3 Å². The normalized spacial score (nSPS) is 14.4. The lowest BCUT2D eigenvalue weighted by molar-refractivity contribution is 0.140. The number of aromatic nitrogens is 1. The molecule has 1 aliphatic heterocycles. The van der Waals surface area contributed by atoms with Crippen molar-refractivity contribution in [1.29, 1.82) is 0 Å². The molecule has 2 aromatic rings. The Labute approximate surface area is 124 Å². The first-order valence-corrected chi connectivity index (χ1v) is 7.11. The van der Waals surface area contributed by atoms with Crippen LogP contribution in [-0.4, -0.2) is 41.3 Å². The van der Waals surface area contributed by atoms with Crippen molar-refractivity contribution < 1.29 is 19.2 Å². The van der Waals surface area contributed by atoms with E-state index in [-0.39, 0.29) is 0 Å². The van der Waals surface area contributed by atoms with Gasteiger partial charge in [-0.25, -0.2) is 9.79 Å². The van der Waals surface area contributed by atoms with Crippen molar-refractivity contribution in [2.75, 3.05) is 13.7 Å². The second kappa shape index (κ2) is 5.57. The summed E-state index contributed by atoms with van der Waals surface area (Å²) in [6.07, 6.45) is 2.66. The van der Waals surface area contributed by atoms with Gasteiger partial charge in [0.25, 0.3) is 0 Å². The van der Waals surface area contributed by atoms with Crippen LogP contribution in [0.1, 0.15) is 10.4 Å². The van der Waals surface area contributed by atoms with Crippen molar-refractivity contribution >= 4 is 28.8 Å². The minimum absolute atomic E-state index is 0.374. The van der Waals surface area contributed by atoms with Crippen LogP contribution in [0.15, 0.2) is 21.8 Å². The third-order valence-electron chi connectivity index (χ3n) is 3.27. The zero-order valence-electron chi connectivity index (χ0n) is 11.3. The van der Waals surface area contributed by atoms with Gasteiger partial charge in [0.1, 0.15) is 5.00 Å². The molecule has 0 fully saturated rings. The molecule has 0 unspecified atom stereocenters. The minimum atomic E-state index is -0.905. The van der Waals surface area contributed by atoms with Crippen molar-refractivity contribution in [3.8, 4) is 11.3 Å². The van der Waals surface area contributed by atoms with Crippen molar-refractivity contribution in [3.63, 3.8) is 0 Å². The van der Waals surface area contributed by atoms with Gasteiger partial charge in [-0.1, -0.05) is 5.16 Å². The van der Waals surface area contributed by atoms with Crippen LogP contribution in [0.5, 0.6) is 0 Å². The standard InChI is InChI=1S/C13H13N3O4S/c1-19-7-14-12-11(9-2-4-15-20-9)8-3-5-16(13(17)18)6-10(8)21-12/h2,4,7H,3,5-6H2,1H3,(H,17,18). The number of amides is 1. The third kappa shape index (κ3) is 2.49. The van der Waals surface area contributed by atoms with Crippen LogP contribution in [0.3, 0.4) is 0 Å². The van der Waals surface area contributed by atoms with Gasteiger partial charge in [0.15, 0.2) is 12.2 Å². The number of thiophene rings is 1. The number of rotatable bonds is 3. The Kier molecular flexibility index (Phi) is 3.61. The Morgan fingerprint density at radius 3 is 3.19 bits per heavy atom. The molecule has 3 heterocycles. The number of methoxy groups -OCH3 is 1. The van der Waals surface area contributed by atoms with Gasteiger partial charge in [-0.05, 0) is 12.0 Å². The Morgan fingerprint density at radius 1 is 1.67 bits per heavy atom. The Hall–Kier alpha value is -2.35. The number of carboxylic acid groups (broad SMARTS) is 1. The zero-order valence-corrected chi connectivity index (χ0v) is 12.1. The lowest BCUT2D eigenvalue weighted by Crippen LogP contribution is -2.34. The predicted octanol–water partition coefficient (Wildman–Crippen LogP) is 2.75. The first-order valence-electron chi connectivity index (χ1n) is 6.29. The summed E-state index contributed by atoms with van der Waals surface area (Å²) in [5.74, 6) is 0.638. The maximum absolute atomic E-state index is 11.1. The molecule has 1 N–H and O–H groups in total. The van der Waals surface area contributed by atoms with Gasteiger partial charge in [-0.15, -0.1) is 11.3 Å². The maximum Gasteiger partial charge on any atom is 0.407 e. The highest BCUT2D eigenvalue weighted by atomic mass is 32.1. The summed E-state index contributed by atoms with van der Waals surface area (Å²) < 4.78 is 10.1. The van der Waals surface area contributed by atoms with Gasteiger partial charge in [-0.2, -0.15) is 0 Å². The van der Waals surface area contributed by atoms with E-state index in [1.807, 2.05) is 0 Å². The fraction of sp³-hybridized carbons (Fsp3) is 0.308. The van der Waals surface area contributed by atoms with Crippen LogP contribution >= 0.6 is 11.3 Å². The van der Waals surface area contributed by atoms with E-state index in [0.717, 1.165) is 21.0 Å². The topological polar surface area (TPSA) is 88.2 Å². The van der Waals surface area contributed by atoms with Crippen LogP contribution in [0.2, 0.25) is 0 Å². The molecule has 0 bridgehead atoms. The van der Waals surface area contributed by atoms with Crippen LogP contribution < -0.4 is 0 Å². The summed E-state index contributed by atoms with van der Waals surface area (Å²) in [4.78, 5) is 17.8. The molecule has 21 heavy (non-hydrogen) atoms. The van der Waals surface area contributed by atoms with E-state index in [4.69, 9.17) is 14.4 Å². The van der Waals surface area contributed by atoms with Gasteiger partial charge in [0.2, 0.25) is 0 Å². The number of ether oxygens (including phenoxy) is 1. The van der Waals surface area contributed by atoms with Gasteiger partial charge in [0, 0.05) is 17.5 Å². The molecule has 2 aromatic heterocycles. The molecule has 0 saturated heterocycles. The molecule has 0 aliphatic carbocycles. The fourth-order valence-electron chi connectivity index (χ4n) is 2.34. The monoisotopic (exact) mass is 307 g/mol. The molecule has 8 heteroatoms. The molecule has 7 nitrogen and oxygen atoms in total. The average Bonchev–Trinajstić information content (AvgIpc) is 3.10. The predicted molar refractivity (Wildman–Crippen MR) is 77.1 cm³/mol. The van der Waals surface area contributed by atoms with E-state index in [1.54, 1.807) is 12.3 Å². The molecule has 0 saturated carbocycles. The molecular weight excluding hydrogens is 294 g/mol. The third-order valence-corrected chi connectivity index (χ3v) is 4.39. The van der Waals surface area contributed by atoms with Gasteiger partial charge in [-0.3, -0.25) is 0 Å². The zero-order chi connectivity index (χ0) is 14.8. The first kappa shape index (κ1) is 13.6. The molecular formula is C13H13N3O4S. The number of carbonyl (C=O) groups is 1. The smallest absolute Gasteiger partial charge is 0.407 e. The number of nitrogens with zero attached hydrogens (tertiary/aromatic N) is 3. The largest absolute Gasteiger partial charge is 0.486 e. The summed E-state index contributed by atoms with van der Waals surface area (Å²) in [7, 11) is 1.53. The van der Waals surface area contributed by atoms with Crippen molar-refractivity contribution in [2.45, 2.75) is 13.0 Å². The molecule has 0 aromatic carbocycles. The summed E-state index contributed by atoms with van der Waals surface area (Å²) >= 11 is 1.45. The highest BCUT2D eigenvalue weighted by Gasteiger charge is 2.28. The second-order valence-electron chi connectivity index (χ2n) is 4.48. The molecule has 0 spiro atoms.